The van der Waals surface area contributed by atoms with E-state index >= 15 is 0 Å². The van der Waals surface area contributed by atoms with Crippen LogP contribution < -0.4 is 5.32 Å². The summed E-state index contributed by atoms with van der Waals surface area (Å²) in [6, 6.07) is 3.46. The number of carbonyl (C=O) groups is 2. The zero-order valence-corrected chi connectivity index (χ0v) is 14.8. The molecule has 1 aliphatic heterocycles. The molecule has 0 bridgehead atoms. The number of esters is 1. The Bertz CT molecular complexity index is 651. The SMILES string of the molecule is CCOC(=O)C1=C(C)N(C2CC2)C(=O)N[C@H]1c1ccc(Br)s1. The van der Waals surface area contributed by atoms with Gasteiger partial charge in [0.2, 0.25) is 0 Å². The second-order valence-electron chi connectivity index (χ2n) is 5.35. The maximum Gasteiger partial charge on any atom is 0.338 e. The molecule has 1 aromatic rings. The van der Waals surface area contributed by atoms with E-state index in [9.17, 15) is 9.59 Å². The molecule has 0 aromatic carbocycles. The average Bonchev–Trinajstić information content (AvgIpc) is 3.19. The lowest BCUT2D eigenvalue weighted by molar-refractivity contribution is -0.139. The van der Waals surface area contributed by atoms with Crippen molar-refractivity contribution in [3.63, 3.8) is 0 Å². The minimum atomic E-state index is -0.446. The number of ether oxygens (including phenoxy) is 1. The Morgan fingerprint density at radius 2 is 2.23 bits per heavy atom. The van der Waals surface area contributed by atoms with Crippen molar-refractivity contribution in [2.75, 3.05) is 6.61 Å². The van der Waals surface area contributed by atoms with Crippen LogP contribution in [0.1, 0.15) is 37.6 Å². The third-order valence-electron chi connectivity index (χ3n) is 3.81. The van der Waals surface area contributed by atoms with Crippen molar-refractivity contribution >= 4 is 39.3 Å². The van der Waals surface area contributed by atoms with Crippen molar-refractivity contribution in [2.24, 2.45) is 0 Å². The molecule has 7 heteroatoms. The molecule has 1 aliphatic carbocycles. The predicted octanol–water partition coefficient (Wildman–Crippen LogP) is 3.58. The van der Waals surface area contributed by atoms with Crippen molar-refractivity contribution < 1.29 is 14.3 Å². The lowest BCUT2D eigenvalue weighted by Crippen LogP contribution is -2.48. The van der Waals surface area contributed by atoms with Crippen molar-refractivity contribution in [3.05, 3.63) is 32.1 Å². The number of allylic oxidation sites excluding steroid dienone is 1. The van der Waals surface area contributed by atoms with Gasteiger partial charge >= 0.3 is 12.0 Å². The molecule has 2 aliphatic rings. The second kappa shape index (κ2) is 6.04. The fourth-order valence-electron chi connectivity index (χ4n) is 2.70. The van der Waals surface area contributed by atoms with E-state index in [2.05, 4.69) is 21.2 Å². The van der Waals surface area contributed by atoms with Crippen LogP contribution in [0.4, 0.5) is 4.79 Å². The molecule has 1 N–H and O–H groups in total. The summed E-state index contributed by atoms with van der Waals surface area (Å²) in [4.78, 5) is 27.5. The number of nitrogens with one attached hydrogen (secondary N) is 1. The van der Waals surface area contributed by atoms with Crippen molar-refractivity contribution in [3.8, 4) is 0 Å². The van der Waals surface area contributed by atoms with Gasteiger partial charge in [0.15, 0.2) is 0 Å². The van der Waals surface area contributed by atoms with Gasteiger partial charge in [0.1, 0.15) is 0 Å². The Morgan fingerprint density at radius 3 is 2.77 bits per heavy atom. The Labute approximate surface area is 141 Å². The lowest BCUT2D eigenvalue weighted by Gasteiger charge is -2.35. The highest BCUT2D eigenvalue weighted by atomic mass is 79.9. The van der Waals surface area contributed by atoms with E-state index < -0.39 is 6.04 Å². The molecule has 0 spiro atoms. The Balaban J connectivity index is 2.04. The minimum absolute atomic E-state index is 0.137. The van der Waals surface area contributed by atoms with E-state index in [1.165, 1.54) is 11.3 Å². The number of amides is 2. The molecule has 0 unspecified atom stereocenters. The fraction of sp³-hybridized carbons (Fsp3) is 0.467. The van der Waals surface area contributed by atoms with Crippen molar-refractivity contribution in [1.82, 2.24) is 10.2 Å². The van der Waals surface area contributed by atoms with E-state index in [0.29, 0.717) is 17.9 Å². The highest BCUT2D eigenvalue weighted by molar-refractivity contribution is 9.11. The molecule has 1 aromatic heterocycles. The van der Waals surface area contributed by atoms with Gasteiger partial charge in [0, 0.05) is 16.6 Å². The minimum Gasteiger partial charge on any atom is -0.463 e. The van der Waals surface area contributed by atoms with Crippen LogP contribution in [-0.2, 0) is 9.53 Å². The van der Waals surface area contributed by atoms with E-state index in [1.54, 1.807) is 11.8 Å². The van der Waals surface area contributed by atoms with Crippen LogP contribution in [0.3, 0.4) is 0 Å². The summed E-state index contributed by atoms with van der Waals surface area (Å²) < 4.78 is 6.17. The van der Waals surface area contributed by atoms with Gasteiger partial charge in [-0.3, -0.25) is 4.90 Å². The Hall–Kier alpha value is -1.34. The molecular formula is C15H17BrN2O3S. The monoisotopic (exact) mass is 384 g/mol. The molecule has 22 heavy (non-hydrogen) atoms. The number of rotatable bonds is 4. The molecule has 0 saturated heterocycles. The molecule has 1 fully saturated rings. The maximum absolute atomic E-state index is 12.4. The number of thiophene rings is 1. The van der Waals surface area contributed by atoms with Crippen molar-refractivity contribution in [2.45, 2.75) is 38.8 Å². The molecular weight excluding hydrogens is 368 g/mol. The van der Waals surface area contributed by atoms with Gasteiger partial charge in [-0.25, -0.2) is 9.59 Å². The lowest BCUT2D eigenvalue weighted by atomic mass is 10.0. The summed E-state index contributed by atoms with van der Waals surface area (Å²) in [5, 5.41) is 2.96. The van der Waals surface area contributed by atoms with Crippen LogP contribution in [0.5, 0.6) is 0 Å². The highest BCUT2D eigenvalue weighted by Crippen LogP contribution is 2.40. The first-order chi connectivity index (χ1) is 10.5. The van der Waals surface area contributed by atoms with Gasteiger partial charge in [-0.15, -0.1) is 11.3 Å². The highest BCUT2D eigenvalue weighted by Gasteiger charge is 2.42. The summed E-state index contributed by atoms with van der Waals surface area (Å²) in [7, 11) is 0. The van der Waals surface area contributed by atoms with E-state index in [-0.39, 0.29) is 18.0 Å². The van der Waals surface area contributed by atoms with Gasteiger partial charge in [-0.05, 0) is 54.8 Å². The summed E-state index contributed by atoms with van der Waals surface area (Å²) in [5.74, 6) is -0.361. The van der Waals surface area contributed by atoms with E-state index in [0.717, 1.165) is 21.5 Å². The number of nitrogens with zero attached hydrogens (tertiary/aromatic N) is 1. The first-order valence-electron chi connectivity index (χ1n) is 7.25. The van der Waals surface area contributed by atoms with Crippen LogP contribution in [-0.4, -0.2) is 29.5 Å². The first-order valence-corrected chi connectivity index (χ1v) is 8.86. The summed E-state index contributed by atoms with van der Waals surface area (Å²) >= 11 is 4.93. The summed E-state index contributed by atoms with van der Waals surface area (Å²) in [6.45, 7) is 3.93. The largest absolute Gasteiger partial charge is 0.463 e. The van der Waals surface area contributed by atoms with E-state index in [4.69, 9.17) is 4.74 Å². The molecule has 2 amide bonds. The number of hydrogen-bond donors (Lipinski definition) is 1. The van der Waals surface area contributed by atoms with Crippen LogP contribution >= 0.6 is 27.3 Å². The van der Waals surface area contributed by atoms with Crippen LogP contribution in [0.15, 0.2) is 27.2 Å². The predicted molar refractivity (Wildman–Crippen MR) is 87.5 cm³/mol. The number of halogens is 1. The molecule has 118 valence electrons. The third-order valence-corrected chi connectivity index (χ3v) is 5.50. The van der Waals surface area contributed by atoms with Crippen LogP contribution in [0.2, 0.25) is 0 Å². The number of carbonyl (C=O) groups excluding carboxylic acids is 2. The molecule has 0 radical (unpaired) electrons. The molecule has 2 heterocycles. The van der Waals surface area contributed by atoms with Crippen LogP contribution in [0.25, 0.3) is 0 Å². The quantitative estimate of drug-likeness (QED) is 0.807. The fourth-order valence-corrected chi connectivity index (χ4v) is 4.18. The van der Waals surface area contributed by atoms with Gasteiger partial charge in [-0.1, -0.05) is 0 Å². The van der Waals surface area contributed by atoms with E-state index in [1.807, 2.05) is 19.1 Å². The van der Waals surface area contributed by atoms with Gasteiger partial charge < -0.3 is 10.1 Å². The summed E-state index contributed by atoms with van der Waals surface area (Å²) in [5.41, 5.74) is 1.24. The topological polar surface area (TPSA) is 58.6 Å². The van der Waals surface area contributed by atoms with Gasteiger partial charge in [0.25, 0.3) is 0 Å². The van der Waals surface area contributed by atoms with Gasteiger partial charge in [0.05, 0.1) is 22.0 Å². The average molecular weight is 385 g/mol. The zero-order valence-electron chi connectivity index (χ0n) is 12.4. The normalized spacial score (nSPS) is 21.9. The second-order valence-corrected chi connectivity index (χ2v) is 7.84. The van der Waals surface area contributed by atoms with Crippen molar-refractivity contribution in [1.29, 1.82) is 0 Å². The summed E-state index contributed by atoms with van der Waals surface area (Å²) in [6.07, 6.45) is 1.96. The maximum atomic E-state index is 12.4. The third kappa shape index (κ3) is 2.79. The standard InChI is InChI=1S/C15H17BrN2O3S/c1-3-21-14(19)12-8(2)18(9-4-5-9)15(20)17-13(12)10-6-7-11(16)22-10/h6-7,9,13H,3-5H2,1-2H3,(H,17,20)/t13-/m0/s1. The molecule has 5 nitrogen and oxygen atoms in total. The zero-order chi connectivity index (χ0) is 15.9. The Kier molecular flexibility index (Phi) is 4.27. The van der Waals surface area contributed by atoms with Gasteiger partial charge in [-0.2, -0.15) is 0 Å². The van der Waals surface area contributed by atoms with Crippen LogP contribution in [0, 0.1) is 0 Å². The number of urea groups is 1. The molecule has 1 saturated carbocycles. The Morgan fingerprint density at radius 1 is 1.50 bits per heavy atom. The number of hydrogen-bond acceptors (Lipinski definition) is 4. The smallest absolute Gasteiger partial charge is 0.338 e. The first kappa shape index (κ1) is 15.6. The molecule has 3 rings (SSSR count). The molecule has 1 atom stereocenters.